The Kier molecular flexibility index (Phi) is 2.68. The summed E-state index contributed by atoms with van der Waals surface area (Å²) in [5, 5.41) is 10.9. The first-order valence-corrected chi connectivity index (χ1v) is 4.28. The van der Waals surface area contributed by atoms with Crippen LogP contribution in [0, 0.1) is 11.3 Å². The van der Waals surface area contributed by atoms with E-state index in [1.807, 2.05) is 0 Å². The van der Waals surface area contributed by atoms with Crippen LogP contribution in [-0.4, -0.2) is 16.5 Å². The minimum atomic E-state index is -1.16. The largest absolute Gasteiger partial charge is 0.550 e. The summed E-state index contributed by atoms with van der Waals surface area (Å²) in [6, 6.07) is 0. The second-order valence-corrected chi connectivity index (χ2v) is 3.76. The number of carboxylic acids is 1. The van der Waals surface area contributed by atoms with Gasteiger partial charge in [0.05, 0.1) is 5.92 Å². The zero-order valence-electron chi connectivity index (χ0n) is 8.10. The van der Waals surface area contributed by atoms with Crippen molar-refractivity contribution in [3.63, 3.8) is 0 Å². The summed E-state index contributed by atoms with van der Waals surface area (Å²) in [5.41, 5.74) is 7.95. The van der Waals surface area contributed by atoms with Crippen molar-refractivity contribution in [2.75, 3.05) is 0 Å². The molecule has 1 rings (SSSR count). The molecule has 0 aromatic carbocycles. The zero-order chi connectivity index (χ0) is 10.8. The summed E-state index contributed by atoms with van der Waals surface area (Å²) in [6.07, 6.45) is 6.68. The molecule has 1 aliphatic carbocycles. The van der Waals surface area contributed by atoms with E-state index in [-0.39, 0.29) is 0 Å². The van der Waals surface area contributed by atoms with Crippen molar-refractivity contribution in [2.45, 2.75) is 13.8 Å². The third kappa shape index (κ3) is 1.65. The van der Waals surface area contributed by atoms with Gasteiger partial charge < -0.3 is 15.4 Å². The zero-order valence-corrected chi connectivity index (χ0v) is 8.10. The Morgan fingerprint density at radius 2 is 2.21 bits per heavy atom. The Hall–Kier alpha value is -1.67. The van der Waals surface area contributed by atoms with Crippen molar-refractivity contribution in [1.82, 2.24) is 0 Å². The molecule has 0 heterocycles. The summed E-state index contributed by atoms with van der Waals surface area (Å²) in [5.74, 6) is -1.62. The molecule has 0 bridgehead atoms. The normalized spacial score (nSPS) is 20.7. The fourth-order valence-corrected chi connectivity index (χ4v) is 1.36. The molecule has 14 heavy (non-hydrogen) atoms. The quantitative estimate of drug-likeness (QED) is 0.461. The number of hydrogen-bond donors (Lipinski definition) is 0. The molecule has 0 aromatic rings. The molecule has 0 aromatic heterocycles. The number of nitrogens with zero attached hydrogens (tertiary/aromatic N) is 2. The van der Waals surface area contributed by atoms with Crippen LogP contribution in [0.25, 0.3) is 5.53 Å². The highest BCUT2D eigenvalue weighted by Gasteiger charge is 2.37. The molecule has 4 heteroatoms. The van der Waals surface area contributed by atoms with Crippen molar-refractivity contribution < 1.29 is 14.7 Å². The minimum Gasteiger partial charge on any atom is -0.550 e. The molecule has 0 radical (unpaired) electrons. The number of hydrogen-bond acceptors (Lipinski definition) is 2. The number of carboxylic acid groups (broad SMARTS) is 1. The molecule has 74 valence electrons. The molecule has 0 aliphatic heterocycles. The summed E-state index contributed by atoms with van der Waals surface area (Å²) in [6.45, 7) is 3.09. The molecule has 4 nitrogen and oxygen atoms in total. The Bertz CT molecular complexity index is 360. The van der Waals surface area contributed by atoms with E-state index in [1.54, 1.807) is 38.2 Å². The van der Waals surface area contributed by atoms with Crippen molar-refractivity contribution >= 4 is 11.7 Å². The maximum Gasteiger partial charge on any atom is 0.299 e. The smallest absolute Gasteiger partial charge is 0.299 e. The average Bonchev–Trinajstić information content (AvgIpc) is 2.17. The van der Waals surface area contributed by atoms with Crippen LogP contribution in [0.4, 0.5) is 0 Å². The average molecular weight is 191 g/mol. The number of allylic oxidation sites excluding steroid dienone is 4. The molecular formula is C10H11N2O2-. The molecular weight excluding hydrogens is 180 g/mol. The number of aliphatic carboxylic acids is 1. The lowest BCUT2D eigenvalue weighted by Gasteiger charge is -2.30. The Morgan fingerprint density at radius 3 is 2.71 bits per heavy atom. The molecule has 1 aliphatic rings. The molecule has 1 unspecified atom stereocenters. The molecule has 0 fully saturated rings. The summed E-state index contributed by atoms with van der Waals surface area (Å²) >= 11 is 0. The van der Waals surface area contributed by atoms with Gasteiger partial charge in [0.1, 0.15) is 0 Å². The lowest BCUT2D eigenvalue weighted by atomic mass is 9.74. The van der Waals surface area contributed by atoms with Gasteiger partial charge in [0.25, 0.3) is 5.71 Å². The van der Waals surface area contributed by atoms with Gasteiger partial charge in [-0.1, -0.05) is 32.1 Å². The first kappa shape index (κ1) is 10.4. The number of carbonyl (C=O) groups excluding carboxylic acids is 1. The third-order valence-corrected chi connectivity index (χ3v) is 2.42. The van der Waals surface area contributed by atoms with Crippen molar-refractivity contribution in [3.05, 3.63) is 29.8 Å². The first-order chi connectivity index (χ1) is 6.50. The minimum absolute atomic E-state index is 0.335. The summed E-state index contributed by atoms with van der Waals surface area (Å²) < 4.78 is 0. The SMILES string of the molecule is CC(C)(C(=O)[O-])C1C=CC=CC1=[N+]=[N-]. The third-order valence-electron chi connectivity index (χ3n) is 2.42. The van der Waals surface area contributed by atoms with Crippen LogP contribution in [0.2, 0.25) is 0 Å². The number of carbonyl (C=O) groups is 1. The Morgan fingerprint density at radius 1 is 1.57 bits per heavy atom. The van der Waals surface area contributed by atoms with E-state index in [1.165, 1.54) is 0 Å². The van der Waals surface area contributed by atoms with Gasteiger partial charge in [-0.15, -0.1) is 0 Å². The Balaban J connectivity index is 3.09. The van der Waals surface area contributed by atoms with Gasteiger partial charge in [-0.05, 0) is 0 Å². The van der Waals surface area contributed by atoms with E-state index >= 15 is 0 Å². The second kappa shape index (κ2) is 3.60. The molecule has 1 atom stereocenters. The summed E-state index contributed by atoms with van der Waals surface area (Å²) in [4.78, 5) is 13.9. The maximum atomic E-state index is 10.9. The predicted octanol–water partition coefficient (Wildman–Crippen LogP) is 0.175. The highest BCUT2D eigenvalue weighted by atomic mass is 16.4. The van der Waals surface area contributed by atoms with Gasteiger partial charge in [-0.2, -0.15) is 4.79 Å². The van der Waals surface area contributed by atoms with Crippen LogP contribution in [0.15, 0.2) is 24.3 Å². The molecule has 0 saturated heterocycles. The van der Waals surface area contributed by atoms with E-state index in [0.29, 0.717) is 5.71 Å². The highest BCUT2D eigenvalue weighted by Crippen LogP contribution is 2.30. The predicted molar refractivity (Wildman–Crippen MR) is 49.2 cm³/mol. The fourth-order valence-electron chi connectivity index (χ4n) is 1.36. The van der Waals surface area contributed by atoms with Crippen LogP contribution in [0.1, 0.15) is 13.8 Å². The second-order valence-electron chi connectivity index (χ2n) is 3.76. The monoisotopic (exact) mass is 191 g/mol. The van der Waals surface area contributed by atoms with Gasteiger partial charge in [0, 0.05) is 17.5 Å². The van der Waals surface area contributed by atoms with E-state index in [2.05, 4.69) is 4.79 Å². The topological polar surface area (TPSA) is 76.5 Å². The lowest BCUT2D eigenvalue weighted by molar-refractivity contribution is -0.318. The van der Waals surface area contributed by atoms with E-state index < -0.39 is 17.3 Å². The van der Waals surface area contributed by atoms with Crippen LogP contribution >= 0.6 is 0 Å². The molecule has 0 spiro atoms. The van der Waals surface area contributed by atoms with Crippen molar-refractivity contribution in [3.8, 4) is 0 Å². The fraction of sp³-hybridized carbons (Fsp3) is 0.400. The summed E-state index contributed by atoms with van der Waals surface area (Å²) in [7, 11) is 0. The van der Waals surface area contributed by atoms with Gasteiger partial charge in [0.2, 0.25) is 0 Å². The van der Waals surface area contributed by atoms with Crippen LogP contribution < -0.4 is 5.11 Å². The van der Waals surface area contributed by atoms with Crippen molar-refractivity contribution in [1.29, 1.82) is 0 Å². The number of rotatable bonds is 2. The van der Waals surface area contributed by atoms with Crippen LogP contribution in [0.3, 0.4) is 0 Å². The Labute approximate surface area is 82.2 Å². The van der Waals surface area contributed by atoms with E-state index in [4.69, 9.17) is 5.53 Å². The standard InChI is InChI=1S/C10H12N2O2/c1-10(2,9(13)14)7-5-3-4-6-8(7)12-11/h3-7H,1-2H3,(H,13,14)/p-1. The maximum absolute atomic E-state index is 10.9. The van der Waals surface area contributed by atoms with Crippen LogP contribution in [0.5, 0.6) is 0 Å². The van der Waals surface area contributed by atoms with E-state index in [0.717, 1.165) is 0 Å². The molecule has 0 amide bonds. The molecule has 0 N–H and O–H groups in total. The lowest BCUT2D eigenvalue weighted by Crippen LogP contribution is -2.45. The van der Waals surface area contributed by atoms with Crippen molar-refractivity contribution in [2.24, 2.45) is 11.3 Å². The van der Waals surface area contributed by atoms with Crippen LogP contribution in [-0.2, 0) is 4.79 Å². The van der Waals surface area contributed by atoms with Gasteiger partial charge in [0.15, 0.2) is 0 Å². The van der Waals surface area contributed by atoms with Gasteiger partial charge >= 0.3 is 0 Å². The van der Waals surface area contributed by atoms with E-state index in [9.17, 15) is 9.90 Å². The highest BCUT2D eigenvalue weighted by molar-refractivity contribution is 5.98. The molecule has 0 saturated carbocycles. The van der Waals surface area contributed by atoms with Gasteiger partial charge in [-0.25, -0.2) is 0 Å². The van der Waals surface area contributed by atoms with Gasteiger partial charge in [-0.3, -0.25) is 0 Å². The first-order valence-electron chi connectivity index (χ1n) is 4.28.